The van der Waals surface area contributed by atoms with Gasteiger partial charge in [0.2, 0.25) is 0 Å². The maximum absolute atomic E-state index is 10.2. The van der Waals surface area contributed by atoms with Crippen LogP contribution in [0.5, 0.6) is 23.0 Å². The highest BCUT2D eigenvalue weighted by molar-refractivity contribution is 5.85. The van der Waals surface area contributed by atoms with Gasteiger partial charge in [-0.15, -0.1) is 12.4 Å². The quantitative estimate of drug-likeness (QED) is 0.340. The average Bonchev–Trinajstić information content (AvgIpc) is 2.86. The predicted octanol–water partition coefficient (Wildman–Crippen LogP) is 5.66. The zero-order valence-corrected chi connectivity index (χ0v) is 22.2. The Morgan fingerprint density at radius 3 is 1.97 bits per heavy atom. The number of hydrogen-bond donors (Lipinski definition) is 0. The molecular formula is C27H39ClN2O4. The number of hydrogen-bond acceptors (Lipinski definition) is 6. The van der Waals surface area contributed by atoms with E-state index in [2.05, 4.69) is 31.0 Å². The van der Waals surface area contributed by atoms with Gasteiger partial charge in [0.05, 0.1) is 39.9 Å². The van der Waals surface area contributed by atoms with Crippen LogP contribution in [-0.2, 0) is 11.8 Å². The lowest BCUT2D eigenvalue weighted by molar-refractivity contribution is 0.310. The molecule has 0 amide bonds. The SMILES string of the molecule is CCC[C@@](C#N)(CCCN(C)CCc1ccc(OC)c(OC)c1)c1ccc(OC)c(OC)c1.Cl. The molecule has 0 aliphatic heterocycles. The van der Waals surface area contributed by atoms with Crippen LogP contribution in [0.4, 0.5) is 0 Å². The highest BCUT2D eigenvalue weighted by Crippen LogP contribution is 2.38. The first kappa shape index (κ1) is 29.4. The molecular weight excluding hydrogens is 452 g/mol. The van der Waals surface area contributed by atoms with Gasteiger partial charge in [0.15, 0.2) is 23.0 Å². The van der Waals surface area contributed by atoms with Crippen molar-refractivity contribution in [2.75, 3.05) is 48.6 Å². The van der Waals surface area contributed by atoms with E-state index < -0.39 is 5.41 Å². The Hall–Kier alpha value is -2.62. The molecule has 34 heavy (non-hydrogen) atoms. The molecule has 2 rings (SSSR count). The zero-order chi connectivity index (χ0) is 24.3. The summed E-state index contributed by atoms with van der Waals surface area (Å²) in [6.07, 6.45) is 4.41. The molecule has 0 saturated carbocycles. The number of benzene rings is 2. The van der Waals surface area contributed by atoms with Gasteiger partial charge in [0.1, 0.15) is 0 Å². The van der Waals surface area contributed by atoms with Crippen molar-refractivity contribution < 1.29 is 18.9 Å². The summed E-state index contributed by atoms with van der Waals surface area (Å²) in [6.45, 7) is 3.98. The lowest BCUT2D eigenvalue weighted by Gasteiger charge is -2.28. The van der Waals surface area contributed by atoms with Gasteiger partial charge >= 0.3 is 0 Å². The number of halogens is 1. The molecule has 0 bridgehead atoms. The van der Waals surface area contributed by atoms with Gasteiger partial charge in [0, 0.05) is 6.54 Å². The molecule has 0 fully saturated rings. The van der Waals surface area contributed by atoms with Crippen LogP contribution in [0.2, 0.25) is 0 Å². The minimum atomic E-state index is -0.529. The van der Waals surface area contributed by atoms with Gasteiger partial charge in [-0.25, -0.2) is 0 Å². The molecule has 6 nitrogen and oxygen atoms in total. The van der Waals surface area contributed by atoms with E-state index in [0.717, 1.165) is 62.3 Å². The summed E-state index contributed by atoms with van der Waals surface area (Å²) in [5.74, 6) is 2.84. The third-order valence-corrected chi connectivity index (χ3v) is 6.20. The summed E-state index contributed by atoms with van der Waals surface area (Å²) < 4.78 is 21.6. The molecule has 1 atom stereocenters. The molecule has 2 aromatic carbocycles. The van der Waals surface area contributed by atoms with Crippen LogP contribution in [0, 0.1) is 11.3 Å². The summed E-state index contributed by atoms with van der Waals surface area (Å²) in [5, 5.41) is 10.2. The second kappa shape index (κ2) is 14.6. The van der Waals surface area contributed by atoms with Crippen LogP contribution in [0.25, 0.3) is 0 Å². The number of nitrogens with zero attached hydrogens (tertiary/aromatic N) is 2. The minimum Gasteiger partial charge on any atom is -0.493 e. The summed E-state index contributed by atoms with van der Waals surface area (Å²) in [7, 11) is 8.68. The summed E-state index contributed by atoms with van der Waals surface area (Å²) >= 11 is 0. The molecule has 188 valence electrons. The Bertz CT molecular complexity index is 931. The summed E-state index contributed by atoms with van der Waals surface area (Å²) in [5.41, 5.74) is 1.68. The third-order valence-electron chi connectivity index (χ3n) is 6.20. The average molecular weight is 491 g/mol. The van der Waals surface area contributed by atoms with Gasteiger partial charge in [-0.05, 0) is 74.7 Å². The van der Waals surface area contributed by atoms with Crippen molar-refractivity contribution in [2.24, 2.45) is 0 Å². The van der Waals surface area contributed by atoms with Crippen molar-refractivity contribution in [3.8, 4) is 29.1 Å². The van der Waals surface area contributed by atoms with E-state index in [0.29, 0.717) is 11.5 Å². The first-order valence-electron chi connectivity index (χ1n) is 11.5. The minimum absolute atomic E-state index is 0. The monoisotopic (exact) mass is 490 g/mol. The van der Waals surface area contributed by atoms with E-state index in [1.165, 1.54) is 5.56 Å². The Morgan fingerprint density at radius 2 is 1.41 bits per heavy atom. The molecule has 0 radical (unpaired) electrons. The van der Waals surface area contributed by atoms with Gasteiger partial charge in [0.25, 0.3) is 0 Å². The topological polar surface area (TPSA) is 64.0 Å². The molecule has 0 saturated heterocycles. The fourth-order valence-electron chi connectivity index (χ4n) is 4.27. The zero-order valence-electron chi connectivity index (χ0n) is 21.3. The molecule has 0 N–H and O–H groups in total. The highest BCUT2D eigenvalue weighted by Gasteiger charge is 2.32. The smallest absolute Gasteiger partial charge is 0.161 e. The second-order valence-corrected chi connectivity index (χ2v) is 8.36. The van der Waals surface area contributed by atoms with E-state index in [9.17, 15) is 5.26 Å². The Morgan fingerprint density at radius 1 is 0.824 bits per heavy atom. The number of ether oxygens (including phenoxy) is 4. The molecule has 0 aromatic heterocycles. The van der Waals surface area contributed by atoms with Gasteiger partial charge in [-0.1, -0.05) is 25.5 Å². The van der Waals surface area contributed by atoms with Crippen LogP contribution in [0.1, 0.15) is 43.7 Å². The van der Waals surface area contributed by atoms with Crippen molar-refractivity contribution >= 4 is 12.4 Å². The molecule has 0 spiro atoms. The molecule has 0 aliphatic carbocycles. The van der Waals surface area contributed by atoms with E-state index in [1.807, 2.05) is 30.3 Å². The lowest BCUT2D eigenvalue weighted by atomic mass is 9.74. The number of likely N-dealkylation sites (N-methyl/N-ethyl adjacent to an activating group) is 1. The fourth-order valence-corrected chi connectivity index (χ4v) is 4.27. The van der Waals surface area contributed by atoms with Gasteiger partial charge in [-0.2, -0.15) is 5.26 Å². The van der Waals surface area contributed by atoms with Gasteiger partial charge in [-0.3, -0.25) is 0 Å². The molecule has 7 heteroatoms. The Balaban J connectivity index is 0.00000578. The van der Waals surface area contributed by atoms with E-state index >= 15 is 0 Å². The second-order valence-electron chi connectivity index (χ2n) is 8.36. The van der Waals surface area contributed by atoms with E-state index in [4.69, 9.17) is 18.9 Å². The Labute approximate surface area is 211 Å². The standard InChI is InChI=1S/C27H38N2O4.ClH/c1-7-14-27(20-28,22-10-12-24(31-4)26(19-22)33-6)15-8-16-29(2)17-13-21-9-11-23(30-3)25(18-21)32-5;/h9-12,18-19H,7-8,13-17H2,1-6H3;1H/t27-;/m0./s1. The fraction of sp³-hybridized carbons (Fsp3) is 0.519. The van der Waals surface area contributed by atoms with Crippen molar-refractivity contribution in [2.45, 2.75) is 44.4 Å². The predicted molar refractivity (Wildman–Crippen MR) is 139 cm³/mol. The maximum atomic E-state index is 10.2. The van der Waals surface area contributed by atoms with Crippen molar-refractivity contribution in [3.05, 3.63) is 47.5 Å². The summed E-state index contributed by atoms with van der Waals surface area (Å²) in [6, 6.07) is 14.5. The van der Waals surface area contributed by atoms with Crippen molar-refractivity contribution in [1.82, 2.24) is 4.90 Å². The Kier molecular flexibility index (Phi) is 12.6. The van der Waals surface area contributed by atoms with E-state index in [-0.39, 0.29) is 12.4 Å². The highest BCUT2D eigenvalue weighted by atomic mass is 35.5. The molecule has 2 aromatic rings. The maximum Gasteiger partial charge on any atom is 0.161 e. The number of nitriles is 1. The van der Waals surface area contributed by atoms with Crippen molar-refractivity contribution in [3.63, 3.8) is 0 Å². The number of methoxy groups -OCH3 is 4. The van der Waals surface area contributed by atoms with Crippen LogP contribution >= 0.6 is 12.4 Å². The number of rotatable bonds is 14. The van der Waals surface area contributed by atoms with Gasteiger partial charge < -0.3 is 23.8 Å². The largest absolute Gasteiger partial charge is 0.493 e. The van der Waals surface area contributed by atoms with Crippen LogP contribution in [-0.4, -0.2) is 53.5 Å². The first-order valence-corrected chi connectivity index (χ1v) is 11.5. The van der Waals surface area contributed by atoms with Crippen LogP contribution in [0.15, 0.2) is 36.4 Å². The molecule has 0 heterocycles. The van der Waals surface area contributed by atoms with E-state index in [1.54, 1.807) is 28.4 Å². The van der Waals surface area contributed by atoms with Crippen molar-refractivity contribution in [1.29, 1.82) is 5.26 Å². The van der Waals surface area contributed by atoms with Crippen LogP contribution in [0.3, 0.4) is 0 Å². The van der Waals surface area contributed by atoms with Crippen LogP contribution < -0.4 is 18.9 Å². The lowest BCUT2D eigenvalue weighted by Crippen LogP contribution is -2.28. The third kappa shape index (κ3) is 7.44. The normalized spacial score (nSPS) is 12.3. The molecule has 0 unspecified atom stereocenters. The molecule has 0 aliphatic rings. The first-order chi connectivity index (χ1) is 16.0. The summed E-state index contributed by atoms with van der Waals surface area (Å²) in [4.78, 5) is 2.32.